The third kappa shape index (κ3) is 2.79. The average Bonchev–Trinajstić information content (AvgIpc) is 3.08. The van der Waals surface area contributed by atoms with Crippen LogP contribution < -0.4 is 0 Å². The van der Waals surface area contributed by atoms with Gasteiger partial charge in [0, 0.05) is 11.3 Å². The van der Waals surface area contributed by atoms with E-state index in [0.717, 1.165) is 0 Å². The van der Waals surface area contributed by atoms with Crippen LogP contribution in [0, 0.1) is 5.92 Å². The van der Waals surface area contributed by atoms with Crippen molar-refractivity contribution in [2.24, 2.45) is 5.92 Å². The lowest BCUT2D eigenvalue weighted by atomic mass is 9.64. The van der Waals surface area contributed by atoms with Crippen LogP contribution in [0.2, 0.25) is 0 Å². The lowest BCUT2D eigenvalue weighted by Gasteiger charge is -2.40. The Morgan fingerprint density at radius 2 is 1.22 bits per heavy atom. The molecule has 118 valence electrons. The molecule has 1 atom stereocenters. The number of hydrogen-bond acceptors (Lipinski definition) is 0. The molecule has 0 saturated heterocycles. The quantitative estimate of drug-likeness (QED) is 0.644. The molecule has 0 radical (unpaired) electrons. The van der Waals surface area contributed by atoms with Gasteiger partial charge in [0.1, 0.15) is 0 Å². The molecule has 1 unspecified atom stereocenters. The summed E-state index contributed by atoms with van der Waals surface area (Å²) in [5.74, 6) is 0.417. The zero-order valence-corrected chi connectivity index (χ0v) is 14.6. The van der Waals surface area contributed by atoms with Crippen LogP contribution in [0.4, 0.5) is 0 Å². The van der Waals surface area contributed by atoms with E-state index in [1.165, 1.54) is 16.7 Å². The van der Waals surface area contributed by atoms with Crippen molar-refractivity contribution in [2.75, 3.05) is 0 Å². The van der Waals surface area contributed by atoms with Crippen LogP contribution >= 0.6 is 0 Å². The van der Waals surface area contributed by atoms with E-state index >= 15 is 0 Å². The van der Waals surface area contributed by atoms with E-state index in [4.69, 9.17) is 0 Å². The Bertz CT molecular complexity index is 715. The second kappa shape index (κ2) is 5.85. The summed E-state index contributed by atoms with van der Waals surface area (Å²) in [6.07, 6.45) is 6.92. The number of hydrogen-bond donors (Lipinski definition) is 0. The molecular formula is C23H26. The van der Waals surface area contributed by atoms with Crippen molar-refractivity contribution < 1.29 is 0 Å². The summed E-state index contributed by atoms with van der Waals surface area (Å²) in [5.41, 5.74) is 4.38. The summed E-state index contributed by atoms with van der Waals surface area (Å²) in [4.78, 5) is 0. The topological polar surface area (TPSA) is 0 Å². The Hall–Kier alpha value is -2.08. The molecule has 2 aromatic carbocycles. The Labute approximate surface area is 140 Å². The fourth-order valence-corrected chi connectivity index (χ4v) is 3.77. The van der Waals surface area contributed by atoms with Crippen LogP contribution in [0.5, 0.6) is 0 Å². The monoisotopic (exact) mass is 302 g/mol. The Morgan fingerprint density at radius 1 is 0.696 bits per heavy atom. The minimum atomic E-state index is 0.0292. The van der Waals surface area contributed by atoms with Crippen molar-refractivity contribution in [3.8, 4) is 0 Å². The van der Waals surface area contributed by atoms with Crippen LogP contribution in [0.25, 0.3) is 0 Å². The SMILES string of the molecule is CC(C)(C1=CC=CC1C(C)(C)c1ccccc1)c1ccccc1. The highest BCUT2D eigenvalue weighted by atomic mass is 14.4. The van der Waals surface area contributed by atoms with Crippen molar-refractivity contribution >= 4 is 0 Å². The molecule has 0 heterocycles. The van der Waals surface area contributed by atoms with Gasteiger partial charge in [0.15, 0.2) is 0 Å². The molecule has 2 aromatic rings. The lowest BCUT2D eigenvalue weighted by molar-refractivity contribution is 0.391. The molecule has 0 aliphatic heterocycles. The molecule has 0 nitrogen and oxygen atoms in total. The first kappa shape index (κ1) is 15.8. The van der Waals surface area contributed by atoms with Crippen molar-refractivity contribution in [1.82, 2.24) is 0 Å². The molecule has 0 bridgehead atoms. The molecule has 23 heavy (non-hydrogen) atoms. The van der Waals surface area contributed by atoms with Crippen molar-refractivity contribution in [3.63, 3.8) is 0 Å². The summed E-state index contributed by atoms with van der Waals surface area (Å²) in [5, 5.41) is 0. The smallest absolute Gasteiger partial charge is 0.0114 e. The molecule has 0 fully saturated rings. The second-order valence-electron chi connectivity index (χ2n) is 7.56. The first-order valence-corrected chi connectivity index (χ1v) is 8.44. The fourth-order valence-electron chi connectivity index (χ4n) is 3.77. The standard InChI is InChI=1S/C23H26/c1-22(2,18-12-7-5-8-13-18)20-16-11-17-21(20)23(3,4)19-14-9-6-10-15-19/h5-17,20H,1-4H3. The summed E-state index contributed by atoms with van der Waals surface area (Å²) >= 11 is 0. The lowest BCUT2D eigenvalue weighted by Crippen LogP contribution is -2.34. The molecule has 1 aliphatic rings. The summed E-state index contributed by atoms with van der Waals surface area (Å²) in [6.45, 7) is 9.40. The first-order chi connectivity index (χ1) is 10.9. The third-order valence-corrected chi connectivity index (χ3v) is 5.43. The van der Waals surface area contributed by atoms with Crippen LogP contribution in [0.15, 0.2) is 84.5 Å². The zero-order valence-electron chi connectivity index (χ0n) is 14.6. The average molecular weight is 302 g/mol. The molecule has 0 aromatic heterocycles. The number of allylic oxidation sites excluding steroid dienone is 4. The van der Waals surface area contributed by atoms with E-state index < -0.39 is 0 Å². The molecule has 1 aliphatic carbocycles. The first-order valence-electron chi connectivity index (χ1n) is 8.44. The van der Waals surface area contributed by atoms with Gasteiger partial charge in [0.2, 0.25) is 0 Å². The van der Waals surface area contributed by atoms with Crippen molar-refractivity contribution in [3.05, 3.63) is 95.6 Å². The molecule has 0 spiro atoms. The highest BCUT2D eigenvalue weighted by Crippen LogP contribution is 2.47. The largest absolute Gasteiger partial charge is 0.0764 e. The van der Waals surface area contributed by atoms with Gasteiger partial charge >= 0.3 is 0 Å². The van der Waals surface area contributed by atoms with Gasteiger partial charge in [-0.05, 0) is 16.5 Å². The van der Waals surface area contributed by atoms with Gasteiger partial charge in [-0.1, -0.05) is 112 Å². The van der Waals surface area contributed by atoms with E-state index in [1.54, 1.807) is 0 Å². The second-order valence-corrected chi connectivity index (χ2v) is 7.56. The van der Waals surface area contributed by atoms with E-state index in [2.05, 4.69) is 107 Å². The van der Waals surface area contributed by atoms with E-state index in [-0.39, 0.29) is 10.8 Å². The van der Waals surface area contributed by atoms with E-state index in [9.17, 15) is 0 Å². The van der Waals surface area contributed by atoms with Gasteiger partial charge in [-0.2, -0.15) is 0 Å². The molecule has 0 amide bonds. The van der Waals surface area contributed by atoms with Gasteiger partial charge in [-0.15, -0.1) is 0 Å². The van der Waals surface area contributed by atoms with Crippen LogP contribution in [0.3, 0.4) is 0 Å². The Morgan fingerprint density at radius 3 is 1.78 bits per heavy atom. The summed E-state index contributed by atoms with van der Waals surface area (Å²) < 4.78 is 0. The molecular weight excluding hydrogens is 276 g/mol. The van der Waals surface area contributed by atoms with Crippen molar-refractivity contribution in [1.29, 1.82) is 0 Å². The van der Waals surface area contributed by atoms with Gasteiger partial charge in [0.25, 0.3) is 0 Å². The van der Waals surface area contributed by atoms with Gasteiger partial charge in [0.05, 0.1) is 0 Å². The highest BCUT2D eigenvalue weighted by molar-refractivity contribution is 5.46. The maximum Gasteiger partial charge on any atom is 0.0114 e. The predicted octanol–water partition coefficient (Wildman–Crippen LogP) is 6.05. The molecule has 3 rings (SSSR count). The molecule has 0 saturated carbocycles. The van der Waals surface area contributed by atoms with E-state index in [1.807, 2.05) is 0 Å². The predicted molar refractivity (Wildman–Crippen MR) is 99.6 cm³/mol. The maximum absolute atomic E-state index is 2.37. The van der Waals surface area contributed by atoms with Gasteiger partial charge in [-0.3, -0.25) is 0 Å². The van der Waals surface area contributed by atoms with E-state index in [0.29, 0.717) is 5.92 Å². The van der Waals surface area contributed by atoms with Crippen LogP contribution in [-0.2, 0) is 10.8 Å². The summed E-state index contributed by atoms with van der Waals surface area (Å²) in [6, 6.07) is 21.7. The Balaban J connectivity index is 1.99. The fraction of sp³-hybridized carbons (Fsp3) is 0.304. The van der Waals surface area contributed by atoms with Crippen LogP contribution in [-0.4, -0.2) is 0 Å². The van der Waals surface area contributed by atoms with Crippen molar-refractivity contribution in [2.45, 2.75) is 38.5 Å². The molecule has 0 heteroatoms. The Kier molecular flexibility index (Phi) is 4.02. The highest BCUT2D eigenvalue weighted by Gasteiger charge is 2.39. The zero-order chi connectivity index (χ0) is 16.5. The maximum atomic E-state index is 2.37. The van der Waals surface area contributed by atoms with Crippen LogP contribution in [0.1, 0.15) is 38.8 Å². The van der Waals surface area contributed by atoms with Gasteiger partial charge < -0.3 is 0 Å². The minimum Gasteiger partial charge on any atom is -0.0764 e. The number of benzene rings is 2. The van der Waals surface area contributed by atoms with Gasteiger partial charge in [-0.25, -0.2) is 0 Å². The number of rotatable bonds is 4. The minimum absolute atomic E-state index is 0.0292. The molecule has 0 N–H and O–H groups in total. The normalized spacial score (nSPS) is 18.1. The third-order valence-electron chi connectivity index (χ3n) is 5.43. The summed E-state index contributed by atoms with van der Waals surface area (Å²) in [7, 11) is 0.